The topological polar surface area (TPSA) is 84.5 Å². The van der Waals surface area contributed by atoms with Crippen LogP contribution in [0.4, 0.5) is 11.4 Å². The Morgan fingerprint density at radius 3 is 2.31 bits per heavy atom. The molecule has 0 bridgehead atoms. The van der Waals surface area contributed by atoms with Crippen molar-refractivity contribution in [2.24, 2.45) is 0 Å². The van der Waals surface area contributed by atoms with E-state index in [0.717, 1.165) is 0 Å². The third-order valence-electron chi connectivity index (χ3n) is 3.95. The van der Waals surface area contributed by atoms with Crippen molar-refractivity contribution < 1.29 is 17.9 Å². The smallest absolute Gasteiger partial charge is 0.261 e. The van der Waals surface area contributed by atoms with Gasteiger partial charge in [0, 0.05) is 5.56 Å². The molecule has 0 aliphatic heterocycles. The van der Waals surface area contributed by atoms with Crippen molar-refractivity contribution in [1.82, 2.24) is 0 Å². The molecule has 0 atom stereocenters. The van der Waals surface area contributed by atoms with Crippen molar-refractivity contribution in [3.05, 3.63) is 83.4 Å². The summed E-state index contributed by atoms with van der Waals surface area (Å²) in [4.78, 5) is 12.3. The fraction of sp³-hybridized carbons (Fsp3) is 0.0952. The molecule has 3 aromatic rings. The summed E-state index contributed by atoms with van der Waals surface area (Å²) in [6.07, 6.45) is 0. The van der Waals surface area contributed by atoms with Crippen molar-refractivity contribution in [3.8, 4) is 5.75 Å². The molecule has 0 unspecified atom stereocenters. The van der Waals surface area contributed by atoms with Crippen molar-refractivity contribution in [2.45, 2.75) is 11.8 Å². The summed E-state index contributed by atoms with van der Waals surface area (Å²) in [6, 6.07) is 19.3. The standard InChI is InChI=1S/C21H19ClN2O4S/c1-2-28-17-9-11-18(12-10-17)29(26,27)24-16-8-13-20(19(22)14-16)23-21(25)15-6-4-3-5-7-15/h3-14,24H,2H2,1H3,(H,23,25). The van der Waals surface area contributed by atoms with Crippen LogP contribution in [0.5, 0.6) is 5.75 Å². The van der Waals surface area contributed by atoms with Crippen LogP contribution >= 0.6 is 11.6 Å². The average molecular weight is 431 g/mol. The fourth-order valence-electron chi connectivity index (χ4n) is 2.56. The number of halogens is 1. The lowest BCUT2D eigenvalue weighted by Gasteiger charge is -2.12. The summed E-state index contributed by atoms with van der Waals surface area (Å²) in [5, 5.41) is 2.91. The molecule has 0 fully saturated rings. The Kier molecular flexibility index (Phi) is 6.41. The number of sulfonamides is 1. The van der Waals surface area contributed by atoms with Gasteiger partial charge in [0.05, 0.1) is 27.9 Å². The highest BCUT2D eigenvalue weighted by Crippen LogP contribution is 2.28. The van der Waals surface area contributed by atoms with E-state index in [1.807, 2.05) is 13.0 Å². The molecule has 3 rings (SSSR count). The molecule has 0 aliphatic rings. The van der Waals surface area contributed by atoms with Crippen molar-refractivity contribution in [1.29, 1.82) is 0 Å². The Morgan fingerprint density at radius 1 is 1.00 bits per heavy atom. The summed E-state index contributed by atoms with van der Waals surface area (Å²) < 4.78 is 32.9. The van der Waals surface area contributed by atoms with E-state index in [1.54, 1.807) is 42.5 Å². The predicted molar refractivity (Wildman–Crippen MR) is 114 cm³/mol. The largest absolute Gasteiger partial charge is 0.494 e. The molecule has 8 heteroatoms. The van der Waals surface area contributed by atoms with E-state index in [-0.39, 0.29) is 21.5 Å². The number of amides is 1. The average Bonchev–Trinajstić information content (AvgIpc) is 2.71. The Morgan fingerprint density at radius 2 is 1.69 bits per heavy atom. The van der Waals surface area contributed by atoms with Crippen LogP contribution in [0.3, 0.4) is 0 Å². The maximum Gasteiger partial charge on any atom is 0.261 e. The Balaban J connectivity index is 1.73. The molecular formula is C21H19ClN2O4S. The SMILES string of the molecule is CCOc1ccc(S(=O)(=O)Nc2ccc(NC(=O)c3ccccc3)c(Cl)c2)cc1. The summed E-state index contributed by atoms with van der Waals surface area (Å²) in [7, 11) is -3.79. The minimum Gasteiger partial charge on any atom is -0.494 e. The van der Waals surface area contributed by atoms with Crippen molar-refractivity contribution in [3.63, 3.8) is 0 Å². The lowest BCUT2D eigenvalue weighted by molar-refractivity contribution is 0.102. The zero-order valence-corrected chi connectivity index (χ0v) is 17.1. The molecular weight excluding hydrogens is 412 g/mol. The summed E-state index contributed by atoms with van der Waals surface area (Å²) >= 11 is 6.23. The van der Waals surface area contributed by atoms with Crippen LogP contribution in [0.15, 0.2) is 77.7 Å². The van der Waals surface area contributed by atoms with E-state index in [4.69, 9.17) is 16.3 Å². The number of hydrogen-bond acceptors (Lipinski definition) is 4. The zero-order valence-electron chi connectivity index (χ0n) is 15.6. The first-order chi connectivity index (χ1) is 13.9. The second kappa shape index (κ2) is 8.98. The van der Waals surface area contributed by atoms with E-state index in [1.165, 1.54) is 24.3 Å². The number of benzene rings is 3. The van der Waals surface area contributed by atoms with Gasteiger partial charge in [-0.25, -0.2) is 8.42 Å². The second-order valence-corrected chi connectivity index (χ2v) is 8.11. The van der Waals surface area contributed by atoms with Crippen LogP contribution in [0.25, 0.3) is 0 Å². The normalized spacial score (nSPS) is 11.0. The predicted octanol–water partition coefficient (Wildman–Crippen LogP) is 4.79. The molecule has 3 aromatic carbocycles. The van der Waals surface area contributed by atoms with Gasteiger partial charge in [-0.15, -0.1) is 0 Å². The minimum atomic E-state index is -3.79. The van der Waals surface area contributed by atoms with Crippen LogP contribution in [0.1, 0.15) is 17.3 Å². The molecule has 0 saturated carbocycles. The van der Waals surface area contributed by atoms with Gasteiger partial charge in [-0.2, -0.15) is 0 Å². The molecule has 0 aliphatic carbocycles. The molecule has 0 saturated heterocycles. The number of hydrogen-bond donors (Lipinski definition) is 2. The van der Waals surface area contributed by atoms with Gasteiger partial charge in [0.25, 0.3) is 15.9 Å². The Labute approximate surface area is 174 Å². The molecule has 29 heavy (non-hydrogen) atoms. The van der Waals surface area contributed by atoms with Gasteiger partial charge >= 0.3 is 0 Å². The first-order valence-electron chi connectivity index (χ1n) is 8.80. The second-order valence-electron chi connectivity index (χ2n) is 6.02. The lowest BCUT2D eigenvalue weighted by atomic mass is 10.2. The molecule has 0 radical (unpaired) electrons. The summed E-state index contributed by atoms with van der Waals surface area (Å²) in [5.41, 5.74) is 1.15. The number of ether oxygens (including phenoxy) is 1. The maximum atomic E-state index is 12.6. The van der Waals surface area contributed by atoms with E-state index in [0.29, 0.717) is 23.6 Å². The van der Waals surface area contributed by atoms with Gasteiger partial charge in [0.2, 0.25) is 0 Å². The number of anilines is 2. The van der Waals surface area contributed by atoms with Gasteiger partial charge in [0.1, 0.15) is 5.75 Å². The Hall–Kier alpha value is -3.03. The minimum absolute atomic E-state index is 0.0959. The monoisotopic (exact) mass is 430 g/mol. The molecule has 1 amide bonds. The molecule has 0 heterocycles. The van der Waals surface area contributed by atoms with Crippen LogP contribution in [-0.2, 0) is 10.0 Å². The first kappa shape index (κ1) is 20.7. The van der Waals surface area contributed by atoms with Gasteiger partial charge in [0.15, 0.2) is 0 Å². The van der Waals surface area contributed by atoms with E-state index >= 15 is 0 Å². The summed E-state index contributed by atoms with van der Waals surface area (Å²) in [6.45, 7) is 2.35. The van der Waals surface area contributed by atoms with Crippen LogP contribution in [0, 0.1) is 0 Å². The van der Waals surface area contributed by atoms with Crippen molar-refractivity contribution in [2.75, 3.05) is 16.6 Å². The van der Waals surface area contributed by atoms with Crippen LogP contribution in [-0.4, -0.2) is 20.9 Å². The maximum absolute atomic E-state index is 12.6. The number of carbonyl (C=O) groups excluding carboxylic acids is 1. The van der Waals surface area contributed by atoms with Gasteiger partial charge in [-0.1, -0.05) is 29.8 Å². The highest BCUT2D eigenvalue weighted by Gasteiger charge is 2.16. The van der Waals surface area contributed by atoms with Gasteiger partial charge in [-0.05, 0) is 61.5 Å². The lowest BCUT2D eigenvalue weighted by Crippen LogP contribution is -2.14. The third kappa shape index (κ3) is 5.28. The van der Waals surface area contributed by atoms with Crippen LogP contribution < -0.4 is 14.8 Å². The molecule has 0 spiro atoms. The number of carbonyl (C=O) groups is 1. The fourth-order valence-corrected chi connectivity index (χ4v) is 3.84. The number of nitrogens with one attached hydrogen (secondary N) is 2. The van der Waals surface area contributed by atoms with Crippen LogP contribution in [0.2, 0.25) is 5.02 Å². The van der Waals surface area contributed by atoms with E-state index in [9.17, 15) is 13.2 Å². The highest BCUT2D eigenvalue weighted by atomic mass is 35.5. The highest BCUT2D eigenvalue weighted by molar-refractivity contribution is 7.92. The first-order valence-corrected chi connectivity index (χ1v) is 10.7. The number of rotatable bonds is 7. The van der Waals surface area contributed by atoms with E-state index < -0.39 is 10.0 Å². The Bertz CT molecular complexity index is 1100. The van der Waals surface area contributed by atoms with Crippen molar-refractivity contribution >= 4 is 38.9 Å². The quantitative estimate of drug-likeness (QED) is 0.564. The van der Waals surface area contributed by atoms with Gasteiger partial charge < -0.3 is 10.1 Å². The molecule has 6 nitrogen and oxygen atoms in total. The molecule has 150 valence electrons. The zero-order chi connectivity index (χ0) is 20.9. The third-order valence-corrected chi connectivity index (χ3v) is 5.66. The summed E-state index contributed by atoms with van der Waals surface area (Å²) in [5.74, 6) is 0.281. The molecule has 0 aromatic heterocycles. The van der Waals surface area contributed by atoms with E-state index in [2.05, 4.69) is 10.0 Å². The van der Waals surface area contributed by atoms with Gasteiger partial charge in [-0.3, -0.25) is 9.52 Å². The molecule has 2 N–H and O–H groups in total.